The summed E-state index contributed by atoms with van der Waals surface area (Å²) >= 11 is 0. The lowest BCUT2D eigenvalue weighted by atomic mass is 10.0. The van der Waals surface area contributed by atoms with E-state index in [0.29, 0.717) is 0 Å². The molecule has 0 aromatic carbocycles. The molecule has 4 nitrogen and oxygen atoms in total. The third-order valence-corrected chi connectivity index (χ3v) is 3.51. The van der Waals surface area contributed by atoms with E-state index in [1.165, 1.54) is 32.6 Å². The average molecular weight is 254 g/mol. The Morgan fingerprint density at radius 3 is 2.06 bits per heavy atom. The molecule has 0 saturated heterocycles. The van der Waals surface area contributed by atoms with E-state index in [1.54, 1.807) is 0 Å². The maximum Gasteiger partial charge on any atom is 0.243 e. The molecule has 0 aromatic heterocycles. The van der Waals surface area contributed by atoms with Gasteiger partial charge in [-0.15, -0.1) is 0 Å². The van der Waals surface area contributed by atoms with Gasteiger partial charge >= 0.3 is 0 Å². The van der Waals surface area contributed by atoms with E-state index in [0.717, 1.165) is 12.8 Å². The Morgan fingerprint density at radius 1 is 1.06 bits per heavy atom. The summed E-state index contributed by atoms with van der Waals surface area (Å²) in [4.78, 5) is 23.3. The summed E-state index contributed by atoms with van der Waals surface area (Å²) < 4.78 is 0. The predicted molar refractivity (Wildman–Crippen MR) is 72.1 cm³/mol. The van der Waals surface area contributed by atoms with Crippen LogP contribution in [0.5, 0.6) is 0 Å². The van der Waals surface area contributed by atoms with Crippen molar-refractivity contribution in [2.75, 3.05) is 0 Å². The van der Waals surface area contributed by atoms with Gasteiger partial charge < -0.3 is 10.6 Å². The van der Waals surface area contributed by atoms with Crippen molar-refractivity contribution >= 4 is 11.8 Å². The Kier molecular flexibility index (Phi) is 6.16. The molecule has 0 aromatic rings. The van der Waals surface area contributed by atoms with Crippen molar-refractivity contribution in [3.05, 3.63) is 0 Å². The lowest BCUT2D eigenvalue weighted by Gasteiger charge is -2.24. The van der Waals surface area contributed by atoms with Gasteiger partial charge in [-0.25, -0.2) is 0 Å². The molecule has 18 heavy (non-hydrogen) atoms. The lowest BCUT2D eigenvalue weighted by molar-refractivity contribution is -0.129. The molecule has 1 aliphatic carbocycles. The number of hydrogen-bond donors (Lipinski definition) is 2. The Labute approximate surface area is 110 Å². The van der Waals surface area contributed by atoms with Crippen LogP contribution in [0.3, 0.4) is 0 Å². The molecule has 0 radical (unpaired) electrons. The van der Waals surface area contributed by atoms with Gasteiger partial charge in [0, 0.05) is 13.0 Å². The standard InChI is InChI=1S/C14H26N2O2/c1-10(2)13(15-11(3)17)14(18)16-12-8-6-4-5-7-9-12/h10,12-13H,4-9H2,1-3H3,(H,15,17)(H,16,18)/t13-/m1/s1. The van der Waals surface area contributed by atoms with Gasteiger partial charge in [-0.2, -0.15) is 0 Å². The van der Waals surface area contributed by atoms with E-state index in [2.05, 4.69) is 10.6 Å². The molecule has 0 heterocycles. The highest BCUT2D eigenvalue weighted by atomic mass is 16.2. The molecular formula is C14H26N2O2. The molecule has 2 amide bonds. The quantitative estimate of drug-likeness (QED) is 0.754. The van der Waals surface area contributed by atoms with Gasteiger partial charge in [0.25, 0.3) is 0 Å². The second-order valence-electron chi connectivity index (χ2n) is 5.62. The largest absolute Gasteiger partial charge is 0.352 e. The summed E-state index contributed by atoms with van der Waals surface area (Å²) in [7, 11) is 0. The monoisotopic (exact) mass is 254 g/mol. The van der Waals surface area contributed by atoms with E-state index >= 15 is 0 Å². The van der Waals surface area contributed by atoms with E-state index < -0.39 is 6.04 Å². The molecule has 0 bridgehead atoms. The molecule has 1 atom stereocenters. The molecule has 1 fully saturated rings. The predicted octanol–water partition coefficient (Wildman–Crippen LogP) is 1.99. The van der Waals surface area contributed by atoms with Crippen LogP contribution >= 0.6 is 0 Å². The first-order valence-electron chi connectivity index (χ1n) is 7.08. The van der Waals surface area contributed by atoms with Crippen LogP contribution in [-0.4, -0.2) is 23.9 Å². The first-order valence-corrected chi connectivity index (χ1v) is 7.08. The van der Waals surface area contributed by atoms with Crippen molar-refractivity contribution in [2.24, 2.45) is 5.92 Å². The molecular weight excluding hydrogens is 228 g/mol. The number of nitrogens with one attached hydrogen (secondary N) is 2. The average Bonchev–Trinajstić information content (AvgIpc) is 2.53. The molecule has 0 aliphatic heterocycles. The van der Waals surface area contributed by atoms with Crippen molar-refractivity contribution in [3.8, 4) is 0 Å². The number of hydrogen-bond acceptors (Lipinski definition) is 2. The van der Waals surface area contributed by atoms with Crippen LogP contribution in [0.2, 0.25) is 0 Å². The minimum absolute atomic E-state index is 0.0351. The fourth-order valence-corrected chi connectivity index (χ4v) is 2.47. The van der Waals surface area contributed by atoms with E-state index in [9.17, 15) is 9.59 Å². The molecule has 1 aliphatic rings. The Bertz CT molecular complexity index is 282. The lowest BCUT2D eigenvalue weighted by Crippen LogP contribution is -2.51. The highest BCUT2D eigenvalue weighted by Crippen LogP contribution is 2.17. The maximum atomic E-state index is 12.2. The Hall–Kier alpha value is -1.06. The van der Waals surface area contributed by atoms with Gasteiger partial charge in [0.2, 0.25) is 11.8 Å². The van der Waals surface area contributed by atoms with Crippen LogP contribution in [0, 0.1) is 5.92 Å². The highest BCUT2D eigenvalue weighted by Gasteiger charge is 2.25. The fourth-order valence-electron chi connectivity index (χ4n) is 2.47. The molecule has 1 rings (SSSR count). The summed E-state index contributed by atoms with van der Waals surface area (Å²) in [5, 5.41) is 5.83. The SMILES string of the molecule is CC(=O)N[C@@H](C(=O)NC1CCCCCC1)C(C)C. The summed E-state index contributed by atoms with van der Waals surface area (Å²) in [6, 6.07) is -0.124. The first kappa shape index (κ1) is 15.0. The highest BCUT2D eigenvalue weighted by molar-refractivity contribution is 5.87. The normalized spacial score (nSPS) is 19.1. The van der Waals surface area contributed by atoms with Crippen molar-refractivity contribution in [1.82, 2.24) is 10.6 Å². The molecule has 0 spiro atoms. The minimum atomic E-state index is -0.411. The third kappa shape index (κ3) is 5.07. The van der Waals surface area contributed by atoms with Crippen molar-refractivity contribution in [3.63, 3.8) is 0 Å². The van der Waals surface area contributed by atoms with Crippen LogP contribution in [0.15, 0.2) is 0 Å². The number of amides is 2. The van der Waals surface area contributed by atoms with E-state index in [-0.39, 0.29) is 23.8 Å². The zero-order valence-electron chi connectivity index (χ0n) is 11.8. The summed E-state index contributed by atoms with van der Waals surface area (Å²) in [5.74, 6) is -0.0727. The van der Waals surface area contributed by atoms with Crippen LogP contribution < -0.4 is 10.6 Å². The van der Waals surface area contributed by atoms with Crippen LogP contribution in [0.25, 0.3) is 0 Å². The van der Waals surface area contributed by atoms with E-state index in [1.807, 2.05) is 13.8 Å². The first-order chi connectivity index (χ1) is 8.50. The van der Waals surface area contributed by atoms with Gasteiger partial charge in [0.15, 0.2) is 0 Å². The molecule has 104 valence electrons. The number of carbonyl (C=O) groups is 2. The molecule has 2 N–H and O–H groups in total. The van der Waals surface area contributed by atoms with Crippen molar-refractivity contribution in [1.29, 1.82) is 0 Å². The molecule has 4 heteroatoms. The van der Waals surface area contributed by atoms with Crippen LogP contribution in [0.4, 0.5) is 0 Å². The smallest absolute Gasteiger partial charge is 0.243 e. The van der Waals surface area contributed by atoms with Gasteiger partial charge in [0.05, 0.1) is 0 Å². The maximum absolute atomic E-state index is 12.2. The van der Waals surface area contributed by atoms with Gasteiger partial charge in [-0.05, 0) is 18.8 Å². The van der Waals surface area contributed by atoms with Crippen LogP contribution in [0.1, 0.15) is 59.3 Å². The molecule has 1 saturated carbocycles. The Morgan fingerprint density at radius 2 is 1.61 bits per heavy atom. The summed E-state index contributed by atoms with van der Waals surface area (Å²) in [6.45, 7) is 5.36. The molecule has 0 unspecified atom stereocenters. The zero-order valence-corrected chi connectivity index (χ0v) is 11.8. The van der Waals surface area contributed by atoms with Gasteiger partial charge in [0.1, 0.15) is 6.04 Å². The van der Waals surface area contributed by atoms with Gasteiger partial charge in [-0.3, -0.25) is 9.59 Å². The number of carbonyl (C=O) groups excluding carboxylic acids is 2. The summed E-state index contributed by atoms with van der Waals surface area (Å²) in [5.41, 5.74) is 0. The fraction of sp³-hybridized carbons (Fsp3) is 0.857. The second kappa shape index (κ2) is 7.39. The topological polar surface area (TPSA) is 58.2 Å². The van der Waals surface area contributed by atoms with Crippen LogP contribution in [-0.2, 0) is 9.59 Å². The summed E-state index contributed by atoms with van der Waals surface area (Å²) in [6.07, 6.45) is 7.06. The van der Waals surface area contributed by atoms with Gasteiger partial charge in [-0.1, -0.05) is 39.5 Å². The van der Waals surface area contributed by atoms with Crippen molar-refractivity contribution in [2.45, 2.75) is 71.4 Å². The van der Waals surface area contributed by atoms with Crippen molar-refractivity contribution < 1.29 is 9.59 Å². The second-order valence-corrected chi connectivity index (χ2v) is 5.62. The number of rotatable bonds is 4. The van der Waals surface area contributed by atoms with E-state index in [4.69, 9.17) is 0 Å². The Balaban J connectivity index is 2.51. The minimum Gasteiger partial charge on any atom is -0.352 e. The zero-order chi connectivity index (χ0) is 13.5. The third-order valence-electron chi connectivity index (χ3n) is 3.51.